The van der Waals surface area contributed by atoms with Crippen molar-refractivity contribution in [3.05, 3.63) is 81.1 Å². The van der Waals surface area contributed by atoms with Crippen LogP contribution in [0.4, 0.5) is 5.82 Å². The van der Waals surface area contributed by atoms with Crippen molar-refractivity contribution >= 4 is 22.5 Å². The molecule has 4 aromatic rings. The van der Waals surface area contributed by atoms with E-state index in [9.17, 15) is 9.59 Å². The van der Waals surface area contributed by atoms with Gasteiger partial charge in [0.05, 0.1) is 23.3 Å². The summed E-state index contributed by atoms with van der Waals surface area (Å²) >= 11 is 0. The van der Waals surface area contributed by atoms with E-state index in [0.717, 1.165) is 11.0 Å². The summed E-state index contributed by atoms with van der Waals surface area (Å²) in [5, 5.41) is 3.03. The minimum atomic E-state index is -0.191. The van der Waals surface area contributed by atoms with Gasteiger partial charge in [-0.05, 0) is 31.2 Å². The van der Waals surface area contributed by atoms with Gasteiger partial charge in [0.25, 0.3) is 11.1 Å². The summed E-state index contributed by atoms with van der Waals surface area (Å²) in [6.07, 6.45) is 1.67. The van der Waals surface area contributed by atoms with Gasteiger partial charge >= 0.3 is 0 Å². The number of rotatable bonds is 4. The van der Waals surface area contributed by atoms with Crippen molar-refractivity contribution < 1.29 is 0 Å². The fourth-order valence-corrected chi connectivity index (χ4v) is 2.99. The van der Waals surface area contributed by atoms with Crippen molar-refractivity contribution in [2.45, 2.75) is 20.0 Å². The third-order valence-corrected chi connectivity index (χ3v) is 4.23. The average Bonchev–Trinajstić information content (AvgIpc) is 2.66. The lowest BCUT2D eigenvalue weighted by atomic mass is 10.3. The number of hydrogen-bond acceptors (Lipinski definition) is 5. The van der Waals surface area contributed by atoms with Crippen LogP contribution >= 0.6 is 0 Å². The molecule has 0 saturated carbocycles. The van der Waals surface area contributed by atoms with Crippen LogP contribution in [-0.2, 0) is 13.1 Å². The maximum atomic E-state index is 12.7. The van der Waals surface area contributed by atoms with Crippen LogP contribution in [0.25, 0.3) is 16.7 Å². The zero-order chi connectivity index (χ0) is 18.1. The number of fused-ring (bicyclic) bond motifs is 2. The first-order valence-corrected chi connectivity index (χ1v) is 8.38. The topological polar surface area (TPSA) is 81.3 Å². The predicted molar refractivity (Wildman–Crippen MR) is 100 cm³/mol. The maximum absolute atomic E-state index is 12.7. The predicted octanol–water partition coefficient (Wildman–Crippen LogP) is 2.04. The molecule has 0 atom stereocenters. The van der Waals surface area contributed by atoms with Crippen molar-refractivity contribution in [1.29, 1.82) is 0 Å². The average molecular weight is 347 g/mol. The van der Waals surface area contributed by atoms with Crippen LogP contribution in [0.3, 0.4) is 0 Å². The zero-order valence-corrected chi connectivity index (χ0v) is 14.2. The summed E-state index contributed by atoms with van der Waals surface area (Å²) in [7, 11) is 0. The van der Waals surface area contributed by atoms with Crippen molar-refractivity contribution in [3.8, 4) is 0 Å². The largest absolute Gasteiger partial charge is 0.360 e. The first-order chi connectivity index (χ1) is 12.7. The van der Waals surface area contributed by atoms with Crippen LogP contribution in [0.5, 0.6) is 0 Å². The van der Waals surface area contributed by atoms with Crippen LogP contribution in [-0.4, -0.2) is 18.9 Å². The minimum Gasteiger partial charge on any atom is -0.360 e. The Morgan fingerprint density at radius 1 is 1.04 bits per heavy atom. The van der Waals surface area contributed by atoms with Crippen LogP contribution in [0.2, 0.25) is 0 Å². The van der Waals surface area contributed by atoms with Crippen LogP contribution < -0.4 is 16.4 Å². The van der Waals surface area contributed by atoms with E-state index >= 15 is 0 Å². The molecule has 26 heavy (non-hydrogen) atoms. The van der Waals surface area contributed by atoms with E-state index in [4.69, 9.17) is 0 Å². The van der Waals surface area contributed by atoms with Gasteiger partial charge in [-0.15, -0.1) is 0 Å². The number of nitrogens with zero attached hydrogens (tertiary/aromatic N) is 4. The van der Waals surface area contributed by atoms with Crippen LogP contribution in [0.1, 0.15) is 12.6 Å². The van der Waals surface area contributed by atoms with Gasteiger partial charge in [0.2, 0.25) is 0 Å². The lowest BCUT2D eigenvalue weighted by molar-refractivity contribution is 0.753. The van der Waals surface area contributed by atoms with Crippen molar-refractivity contribution in [1.82, 2.24) is 18.9 Å². The first-order valence-electron chi connectivity index (χ1n) is 8.38. The number of pyridine rings is 1. The molecule has 0 aliphatic carbocycles. The summed E-state index contributed by atoms with van der Waals surface area (Å²) in [6, 6.07) is 14.3. The first kappa shape index (κ1) is 16.0. The zero-order valence-electron chi connectivity index (χ0n) is 14.2. The Hall–Kier alpha value is -3.48. The molecule has 3 heterocycles. The molecule has 0 saturated heterocycles. The Kier molecular flexibility index (Phi) is 3.96. The second kappa shape index (κ2) is 6.44. The molecule has 7 heteroatoms. The SMILES string of the molecule is CCn1c(=O)c(NCc2cc(=O)n3ccccc3n2)nc2ccccc21. The maximum Gasteiger partial charge on any atom is 0.293 e. The highest BCUT2D eigenvalue weighted by Crippen LogP contribution is 2.12. The van der Waals surface area contributed by atoms with Crippen molar-refractivity contribution in [3.63, 3.8) is 0 Å². The normalized spacial score (nSPS) is 11.1. The molecule has 0 bridgehead atoms. The molecule has 130 valence electrons. The molecule has 7 nitrogen and oxygen atoms in total. The number of aryl methyl sites for hydroxylation is 1. The van der Waals surface area contributed by atoms with Gasteiger partial charge in [-0.1, -0.05) is 18.2 Å². The highest BCUT2D eigenvalue weighted by atomic mass is 16.1. The molecule has 4 rings (SSSR count). The molecule has 0 spiro atoms. The second-order valence-corrected chi connectivity index (χ2v) is 5.87. The number of para-hydroxylation sites is 2. The molecule has 1 aromatic carbocycles. The Morgan fingerprint density at radius 2 is 1.85 bits per heavy atom. The van der Waals surface area contributed by atoms with Gasteiger partial charge in [-0.25, -0.2) is 9.97 Å². The van der Waals surface area contributed by atoms with Gasteiger partial charge in [-0.3, -0.25) is 14.0 Å². The molecule has 0 fully saturated rings. The summed E-state index contributed by atoms with van der Waals surface area (Å²) in [5.74, 6) is 0.251. The van der Waals surface area contributed by atoms with Crippen LogP contribution in [0.15, 0.2) is 64.3 Å². The van der Waals surface area contributed by atoms with E-state index in [1.807, 2.05) is 37.3 Å². The molecule has 0 radical (unpaired) electrons. The number of aromatic nitrogens is 4. The van der Waals surface area contributed by atoms with E-state index in [1.54, 1.807) is 22.9 Å². The fourth-order valence-electron chi connectivity index (χ4n) is 2.99. The molecule has 0 aliphatic heterocycles. The summed E-state index contributed by atoms with van der Waals surface area (Å²) in [4.78, 5) is 33.7. The monoisotopic (exact) mass is 347 g/mol. The van der Waals surface area contributed by atoms with Gasteiger partial charge in [0.1, 0.15) is 5.65 Å². The summed E-state index contributed by atoms with van der Waals surface area (Å²) in [6.45, 7) is 2.71. The molecule has 3 aromatic heterocycles. The molecule has 1 N–H and O–H groups in total. The molecule has 0 amide bonds. The summed E-state index contributed by atoms with van der Waals surface area (Å²) in [5.41, 5.74) is 2.30. The van der Waals surface area contributed by atoms with Gasteiger partial charge < -0.3 is 9.88 Å². The van der Waals surface area contributed by atoms with Gasteiger partial charge in [0.15, 0.2) is 5.82 Å². The van der Waals surface area contributed by atoms with Crippen molar-refractivity contribution in [2.24, 2.45) is 0 Å². The quantitative estimate of drug-likeness (QED) is 0.611. The van der Waals surface area contributed by atoms with E-state index < -0.39 is 0 Å². The number of hydrogen-bond donors (Lipinski definition) is 1. The Balaban J connectivity index is 1.71. The number of anilines is 1. The van der Waals surface area contributed by atoms with Crippen molar-refractivity contribution in [2.75, 3.05) is 5.32 Å². The third-order valence-electron chi connectivity index (χ3n) is 4.23. The van der Waals surface area contributed by atoms with E-state index in [-0.39, 0.29) is 23.5 Å². The molecule has 0 unspecified atom stereocenters. The lowest BCUT2D eigenvalue weighted by Crippen LogP contribution is -2.25. The van der Waals surface area contributed by atoms with Crippen LogP contribution in [0, 0.1) is 0 Å². The van der Waals surface area contributed by atoms with E-state index in [1.165, 1.54) is 10.5 Å². The molecular formula is C19H17N5O2. The number of nitrogens with one attached hydrogen (secondary N) is 1. The second-order valence-electron chi connectivity index (χ2n) is 5.87. The van der Waals surface area contributed by atoms with Gasteiger partial charge in [0, 0.05) is 18.8 Å². The van der Waals surface area contributed by atoms with Gasteiger partial charge in [-0.2, -0.15) is 0 Å². The highest BCUT2D eigenvalue weighted by molar-refractivity contribution is 5.76. The Bertz CT molecular complexity index is 1230. The lowest BCUT2D eigenvalue weighted by Gasteiger charge is -2.11. The van der Waals surface area contributed by atoms with E-state index in [2.05, 4.69) is 15.3 Å². The third kappa shape index (κ3) is 2.73. The molecule has 0 aliphatic rings. The number of benzene rings is 1. The fraction of sp³-hybridized carbons (Fsp3) is 0.158. The highest BCUT2D eigenvalue weighted by Gasteiger charge is 2.10. The molecular weight excluding hydrogens is 330 g/mol. The summed E-state index contributed by atoms with van der Waals surface area (Å²) < 4.78 is 3.15. The minimum absolute atomic E-state index is 0.162. The Morgan fingerprint density at radius 3 is 2.69 bits per heavy atom. The Labute approximate surface area is 148 Å². The van der Waals surface area contributed by atoms with E-state index in [0.29, 0.717) is 17.9 Å². The standard InChI is InChI=1S/C19H17N5O2/c1-2-23-15-8-4-3-7-14(15)22-18(19(23)26)20-12-13-11-17(25)24-10-6-5-9-16(24)21-13/h3-11H,2,12H2,1H3,(H,20,22). The smallest absolute Gasteiger partial charge is 0.293 e.